The van der Waals surface area contributed by atoms with Crippen molar-refractivity contribution in [2.75, 3.05) is 6.61 Å². The van der Waals surface area contributed by atoms with Crippen LogP contribution in [-0.2, 0) is 21.5 Å². The van der Waals surface area contributed by atoms with Crippen molar-refractivity contribution < 1.29 is 19.4 Å². The number of hydrogen-bond donors (Lipinski definition) is 1. The predicted molar refractivity (Wildman–Crippen MR) is 140 cm³/mol. The van der Waals surface area contributed by atoms with Gasteiger partial charge >= 0.3 is 0 Å². The summed E-state index contributed by atoms with van der Waals surface area (Å²) in [6, 6.07) is 16.1. The summed E-state index contributed by atoms with van der Waals surface area (Å²) in [6.45, 7) is 10.9. The van der Waals surface area contributed by atoms with Crippen molar-refractivity contribution in [3.8, 4) is 5.75 Å². The maximum absolute atomic E-state index is 13.3. The summed E-state index contributed by atoms with van der Waals surface area (Å²) < 4.78 is 5.61. The van der Waals surface area contributed by atoms with E-state index in [0.29, 0.717) is 17.9 Å². The zero-order valence-electron chi connectivity index (χ0n) is 21.4. The molecule has 1 aromatic heterocycles. The SMILES string of the molecule is CCOc1ccc(C(O)=C2C(=O)C(=O)N(Cc3cccnc3)[C@@H]2c2ccc(C(C)(C)C)cc2)cc1C. The molecule has 1 atom stereocenters. The van der Waals surface area contributed by atoms with E-state index in [9.17, 15) is 14.7 Å². The molecule has 0 unspecified atom stereocenters. The summed E-state index contributed by atoms with van der Waals surface area (Å²) in [7, 11) is 0. The van der Waals surface area contributed by atoms with E-state index in [4.69, 9.17) is 4.74 Å². The molecule has 1 aliphatic rings. The van der Waals surface area contributed by atoms with Crippen molar-refractivity contribution in [2.24, 2.45) is 0 Å². The molecule has 1 aliphatic heterocycles. The van der Waals surface area contributed by atoms with Crippen molar-refractivity contribution in [3.05, 3.63) is 100 Å². The number of carbonyl (C=O) groups excluding carboxylic acids is 2. The first-order valence-electron chi connectivity index (χ1n) is 12.1. The van der Waals surface area contributed by atoms with Crippen LogP contribution in [0.25, 0.3) is 5.76 Å². The number of aliphatic hydroxyl groups is 1. The Bertz CT molecular complexity index is 1310. The second-order valence-corrected chi connectivity index (χ2v) is 10.1. The van der Waals surface area contributed by atoms with Gasteiger partial charge in [0.15, 0.2) is 0 Å². The minimum atomic E-state index is -0.730. The zero-order chi connectivity index (χ0) is 26.0. The molecule has 6 heteroatoms. The highest BCUT2D eigenvalue weighted by Gasteiger charge is 2.46. The Morgan fingerprint density at radius 2 is 1.81 bits per heavy atom. The number of Topliss-reactive ketones (excluding diaryl/α,β-unsaturated/α-hetero) is 1. The average Bonchev–Trinajstić information content (AvgIpc) is 3.10. The Morgan fingerprint density at radius 3 is 2.39 bits per heavy atom. The number of carbonyl (C=O) groups is 2. The van der Waals surface area contributed by atoms with Gasteiger partial charge in [-0.15, -0.1) is 0 Å². The molecule has 6 nitrogen and oxygen atoms in total. The van der Waals surface area contributed by atoms with Crippen LogP contribution in [-0.4, -0.2) is 33.3 Å². The maximum atomic E-state index is 13.3. The molecule has 1 fully saturated rings. The van der Waals surface area contributed by atoms with E-state index < -0.39 is 17.7 Å². The van der Waals surface area contributed by atoms with E-state index in [2.05, 4.69) is 25.8 Å². The van der Waals surface area contributed by atoms with Gasteiger partial charge in [0.25, 0.3) is 11.7 Å². The Kier molecular flexibility index (Phi) is 6.97. The summed E-state index contributed by atoms with van der Waals surface area (Å²) in [5.74, 6) is -0.834. The van der Waals surface area contributed by atoms with Gasteiger partial charge in [-0.1, -0.05) is 51.1 Å². The van der Waals surface area contributed by atoms with Crippen molar-refractivity contribution >= 4 is 17.4 Å². The fourth-order valence-corrected chi connectivity index (χ4v) is 4.51. The molecule has 0 radical (unpaired) electrons. The van der Waals surface area contributed by atoms with Gasteiger partial charge in [0.05, 0.1) is 18.2 Å². The molecule has 1 N–H and O–H groups in total. The number of ether oxygens (including phenoxy) is 1. The Morgan fingerprint density at radius 1 is 1.08 bits per heavy atom. The highest BCUT2D eigenvalue weighted by atomic mass is 16.5. The number of pyridine rings is 1. The first-order valence-corrected chi connectivity index (χ1v) is 12.1. The van der Waals surface area contributed by atoms with E-state index in [1.807, 2.05) is 44.2 Å². The average molecular weight is 485 g/mol. The lowest BCUT2D eigenvalue weighted by molar-refractivity contribution is -0.140. The number of ketones is 1. The molecule has 0 aliphatic carbocycles. The first-order chi connectivity index (χ1) is 17.1. The molecule has 1 amide bonds. The molecule has 36 heavy (non-hydrogen) atoms. The standard InChI is InChI=1S/C30H32N2O4/c1-6-36-24-14-11-22(16-19(24)2)27(33)25-26(21-9-12-23(13-10-21)30(3,4)5)32(29(35)28(25)34)18-20-8-7-15-31-17-20/h7-17,26,33H,6,18H2,1-5H3/t26-/m1/s1. The monoisotopic (exact) mass is 484 g/mol. The lowest BCUT2D eigenvalue weighted by Crippen LogP contribution is -2.29. The molecule has 2 aromatic carbocycles. The van der Waals surface area contributed by atoms with E-state index in [0.717, 1.165) is 22.3 Å². The van der Waals surface area contributed by atoms with Crippen LogP contribution >= 0.6 is 0 Å². The van der Waals surface area contributed by atoms with E-state index in [-0.39, 0.29) is 23.3 Å². The smallest absolute Gasteiger partial charge is 0.295 e. The number of aromatic nitrogens is 1. The van der Waals surface area contributed by atoms with Crippen molar-refractivity contribution in [1.82, 2.24) is 9.88 Å². The summed E-state index contributed by atoms with van der Waals surface area (Å²) in [5, 5.41) is 11.4. The molecule has 0 bridgehead atoms. The van der Waals surface area contributed by atoms with Crippen LogP contribution < -0.4 is 4.74 Å². The zero-order valence-corrected chi connectivity index (χ0v) is 21.4. The molecule has 3 aromatic rings. The number of nitrogens with zero attached hydrogens (tertiary/aromatic N) is 2. The highest BCUT2D eigenvalue weighted by Crippen LogP contribution is 2.41. The Labute approximate surface area is 212 Å². The number of benzene rings is 2. The summed E-state index contributed by atoms with van der Waals surface area (Å²) in [6.07, 6.45) is 3.34. The van der Waals surface area contributed by atoms with Crippen LogP contribution in [0.3, 0.4) is 0 Å². The van der Waals surface area contributed by atoms with E-state index in [1.165, 1.54) is 4.90 Å². The Hall–Kier alpha value is -3.93. The Balaban J connectivity index is 1.84. The fourth-order valence-electron chi connectivity index (χ4n) is 4.51. The second-order valence-electron chi connectivity index (χ2n) is 10.1. The van der Waals surface area contributed by atoms with Gasteiger partial charge in [0.1, 0.15) is 11.5 Å². The topological polar surface area (TPSA) is 79.7 Å². The van der Waals surface area contributed by atoms with Gasteiger partial charge in [-0.25, -0.2) is 0 Å². The minimum Gasteiger partial charge on any atom is -0.507 e. The number of aryl methyl sites for hydroxylation is 1. The van der Waals surface area contributed by atoms with E-state index >= 15 is 0 Å². The third-order valence-corrected chi connectivity index (χ3v) is 6.46. The number of amides is 1. The first kappa shape index (κ1) is 25.2. The van der Waals surface area contributed by atoms with Gasteiger partial charge in [0, 0.05) is 24.5 Å². The normalized spacial score (nSPS) is 17.5. The molecule has 0 saturated carbocycles. The molecular weight excluding hydrogens is 452 g/mol. The number of likely N-dealkylation sites (tertiary alicyclic amines) is 1. The van der Waals surface area contributed by atoms with Gasteiger partial charge in [-0.3, -0.25) is 14.6 Å². The number of rotatable bonds is 6. The number of aliphatic hydroxyl groups excluding tert-OH is 1. The largest absolute Gasteiger partial charge is 0.507 e. The van der Waals surface area contributed by atoms with Crippen LogP contribution in [0.2, 0.25) is 0 Å². The summed E-state index contributed by atoms with van der Waals surface area (Å²) in [5.41, 5.74) is 4.02. The summed E-state index contributed by atoms with van der Waals surface area (Å²) in [4.78, 5) is 32.3. The van der Waals surface area contributed by atoms with Crippen LogP contribution in [0.15, 0.2) is 72.6 Å². The van der Waals surface area contributed by atoms with Crippen LogP contribution in [0.5, 0.6) is 5.75 Å². The minimum absolute atomic E-state index is 0.0458. The quantitative estimate of drug-likeness (QED) is 0.275. The lowest BCUT2D eigenvalue weighted by atomic mass is 9.85. The lowest BCUT2D eigenvalue weighted by Gasteiger charge is -2.26. The van der Waals surface area contributed by atoms with Crippen molar-refractivity contribution in [1.29, 1.82) is 0 Å². The highest BCUT2D eigenvalue weighted by molar-refractivity contribution is 6.46. The number of hydrogen-bond acceptors (Lipinski definition) is 5. The summed E-state index contributed by atoms with van der Waals surface area (Å²) >= 11 is 0. The molecular formula is C30H32N2O4. The van der Waals surface area contributed by atoms with Gasteiger partial charge in [-0.05, 0) is 65.8 Å². The molecule has 4 rings (SSSR count). The fraction of sp³-hybridized carbons (Fsp3) is 0.300. The predicted octanol–water partition coefficient (Wildman–Crippen LogP) is 5.71. The van der Waals surface area contributed by atoms with Crippen molar-refractivity contribution in [2.45, 2.75) is 52.6 Å². The third kappa shape index (κ3) is 4.89. The van der Waals surface area contributed by atoms with Crippen LogP contribution in [0.4, 0.5) is 0 Å². The van der Waals surface area contributed by atoms with Crippen LogP contribution in [0, 0.1) is 6.92 Å². The molecule has 2 heterocycles. The molecule has 0 spiro atoms. The molecule has 1 saturated heterocycles. The van der Waals surface area contributed by atoms with Gasteiger partial charge in [0.2, 0.25) is 0 Å². The van der Waals surface area contributed by atoms with Crippen LogP contribution in [0.1, 0.15) is 61.6 Å². The van der Waals surface area contributed by atoms with Gasteiger partial charge in [-0.2, -0.15) is 0 Å². The third-order valence-electron chi connectivity index (χ3n) is 6.46. The van der Waals surface area contributed by atoms with Crippen molar-refractivity contribution in [3.63, 3.8) is 0 Å². The van der Waals surface area contributed by atoms with Gasteiger partial charge < -0.3 is 14.7 Å². The maximum Gasteiger partial charge on any atom is 0.295 e. The van der Waals surface area contributed by atoms with E-state index in [1.54, 1.807) is 36.7 Å². The second kappa shape index (κ2) is 9.97. The molecule has 186 valence electrons.